The quantitative estimate of drug-likeness (QED) is 0.845. The first-order valence-electron chi connectivity index (χ1n) is 7.95. The van der Waals surface area contributed by atoms with Gasteiger partial charge in [-0.15, -0.1) is 0 Å². The lowest BCUT2D eigenvalue weighted by atomic mass is 10.1. The fourth-order valence-corrected chi connectivity index (χ4v) is 2.95. The molecular weight excluding hydrogens is 293 g/mol. The molecule has 1 heterocycles. The first-order valence-corrected chi connectivity index (χ1v) is 7.95. The standard InChI is InChI=1S/C19H22FNO2/c1-22-17-8-7-16(19(20)12-17)13-21-9-10-23-18(14-21)11-15-5-3-2-4-6-15/h2-8,12,18H,9-11,13-14H2,1H3/t18-/m1/s1. The molecule has 1 fully saturated rings. The predicted molar refractivity (Wildman–Crippen MR) is 88.1 cm³/mol. The number of nitrogens with zero attached hydrogens (tertiary/aromatic N) is 1. The van der Waals surface area contributed by atoms with Gasteiger partial charge in [0, 0.05) is 31.3 Å². The van der Waals surface area contributed by atoms with Crippen LogP contribution in [0.5, 0.6) is 5.75 Å². The monoisotopic (exact) mass is 315 g/mol. The van der Waals surface area contributed by atoms with E-state index in [1.54, 1.807) is 19.2 Å². The first kappa shape index (κ1) is 16.0. The number of methoxy groups -OCH3 is 1. The second-order valence-corrected chi connectivity index (χ2v) is 5.87. The Kier molecular flexibility index (Phi) is 5.26. The Morgan fingerprint density at radius 2 is 2.04 bits per heavy atom. The second kappa shape index (κ2) is 7.57. The Balaban J connectivity index is 1.60. The molecule has 4 heteroatoms. The molecule has 1 atom stereocenters. The molecule has 1 aliphatic heterocycles. The van der Waals surface area contributed by atoms with Crippen LogP contribution in [-0.2, 0) is 17.7 Å². The molecule has 122 valence electrons. The average Bonchev–Trinajstić information content (AvgIpc) is 2.58. The molecule has 0 aliphatic carbocycles. The molecule has 2 aromatic carbocycles. The second-order valence-electron chi connectivity index (χ2n) is 5.87. The summed E-state index contributed by atoms with van der Waals surface area (Å²) < 4.78 is 25.0. The average molecular weight is 315 g/mol. The van der Waals surface area contributed by atoms with Crippen molar-refractivity contribution < 1.29 is 13.9 Å². The van der Waals surface area contributed by atoms with Gasteiger partial charge in [-0.2, -0.15) is 0 Å². The molecule has 3 rings (SSSR count). The van der Waals surface area contributed by atoms with Crippen LogP contribution >= 0.6 is 0 Å². The highest BCUT2D eigenvalue weighted by molar-refractivity contribution is 5.28. The van der Waals surface area contributed by atoms with Gasteiger partial charge in [-0.1, -0.05) is 36.4 Å². The number of halogens is 1. The SMILES string of the molecule is COc1ccc(CN2CCO[C@H](Cc3ccccc3)C2)c(F)c1. The van der Waals surface area contributed by atoms with E-state index in [1.165, 1.54) is 11.6 Å². The lowest BCUT2D eigenvalue weighted by Crippen LogP contribution is -2.42. The van der Waals surface area contributed by atoms with E-state index >= 15 is 0 Å². The summed E-state index contributed by atoms with van der Waals surface area (Å²) in [6.45, 7) is 2.94. The van der Waals surface area contributed by atoms with Crippen LogP contribution in [0.4, 0.5) is 4.39 Å². The van der Waals surface area contributed by atoms with Gasteiger partial charge in [0.25, 0.3) is 0 Å². The topological polar surface area (TPSA) is 21.7 Å². The molecule has 23 heavy (non-hydrogen) atoms. The van der Waals surface area contributed by atoms with Crippen LogP contribution in [-0.4, -0.2) is 37.8 Å². The van der Waals surface area contributed by atoms with Gasteiger partial charge < -0.3 is 9.47 Å². The third-order valence-electron chi connectivity index (χ3n) is 4.18. The molecule has 0 bridgehead atoms. The van der Waals surface area contributed by atoms with Crippen LogP contribution in [0.2, 0.25) is 0 Å². The van der Waals surface area contributed by atoms with Gasteiger partial charge in [0.2, 0.25) is 0 Å². The molecule has 0 aromatic heterocycles. The summed E-state index contributed by atoms with van der Waals surface area (Å²) >= 11 is 0. The predicted octanol–water partition coefficient (Wildman–Crippen LogP) is 3.28. The van der Waals surface area contributed by atoms with Gasteiger partial charge in [-0.3, -0.25) is 4.90 Å². The van der Waals surface area contributed by atoms with E-state index in [-0.39, 0.29) is 11.9 Å². The lowest BCUT2D eigenvalue weighted by Gasteiger charge is -2.33. The van der Waals surface area contributed by atoms with Crippen molar-refractivity contribution in [2.45, 2.75) is 19.1 Å². The van der Waals surface area contributed by atoms with E-state index in [0.717, 1.165) is 19.5 Å². The molecule has 2 aromatic rings. The van der Waals surface area contributed by atoms with E-state index < -0.39 is 0 Å². The maximum absolute atomic E-state index is 14.1. The summed E-state index contributed by atoms with van der Waals surface area (Å²) in [6, 6.07) is 15.4. The maximum atomic E-state index is 14.1. The number of morpholine rings is 1. The summed E-state index contributed by atoms with van der Waals surface area (Å²) in [5.74, 6) is 0.339. The molecule has 0 amide bonds. The van der Waals surface area contributed by atoms with Crippen molar-refractivity contribution in [3.05, 3.63) is 65.5 Å². The van der Waals surface area contributed by atoms with Crippen LogP contribution in [0.1, 0.15) is 11.1 Å². The van der Waals surface area contributed by atoms with Crippen LogP contribution in [0.3, 0.4) is 0 Å². The number of benzene rings is 2. The Hall–Kier alpha value is -1.91. The Morgan fingerprint density at radius 3 is 2.78 bits per heavy atom. The Labute approximate surface area is 136 Å². The molecule has 3 nitrogen and oxygen atoms in total. The van der Waals surface area contributed by atoms with E-state index in [9.17, 15) is 4.39 Å². The van der Waals surface area contributed by atoms with Crippen molar-refractivity contribution in [3.8, 4) is 5.75 Å². The number of ether oxygens (including phenoxy) is 2. The number of hydrogen-bond donors (Lipinski definition) is 0. The van der Waals surface area contributed by atoms with Crippen molar-refractivity contribution in [1.82, 2.24) is 4.90 Å². The summed E-state index contributed by atoms with van der Waals surface area (Å²) in [5.41, 5.74) is 1.97. The van der Waals surface area contributed by atoms with Gasteiger partial charge in [-0.25, -0.2) is 4.39 Å². The highest BCUT2D eigenvalue weighted by atomic mass is 19.1. The number of rotatable bonds is 5. The van der Waals surface area contributed by atoms with Gasteiger partial charge in [0.15, 0.2) is 0 Å². The van der Waals surface area contributed by atoms with Crippen molar-refractivity contribution in [3.63, 3.8) is 0 Å². The van der Waals surface area contributed by atoms with E-state index in [0.29, 0.717) is 24.5 Å². The maximum Gasteiger partial charge on any atom is 0.131 e. The highest BCUT2D eigenvalue weighted by Gasteiger charge is 2.21. The van der Waals surface area contributed by atoms with E-state index in [1.807, 2.05) is 18.2 Å². The van der Waals surface area contributed by atoms with Crippen molar-refractivity contribution >= 4 is 0 Å². The third kappa shape index (κ3) is 4.30. The van der Waals surface area contributed by atoms with Gasteiger partial charge in [0.05, 0.1) is 19.8 Å². The molecule has 1 aliphatic rings. The van der Waals surface area contributed by atoms with E-state index in [2.05, 4.69) is 17.0 Å². The number of hydrogen-bond acceptors (Lipinski definition) is 3. The minimum atomic E-state index is -0.213. The molecule has 0 N–H and O–H groups in total. The summed E-state index contributed by atoms with van der Waals surface area (Å²) in [7, 11) is 1.55. The fourth-order valence-electron chi connectivity index (χ4n) is 2.95. The Bertz CT molecular complexity index is 633. The summed E-state index contributed by atoms with van der Waals surface area (Å²) in [6.07, 6.45) is 1.05. The minimum Gasteiger partial charge on any atom is -0.497 e. The zero-order valence-corrected chi connectivity index (χ0v) is 13.4. The van der Waals surface area contributed by atoms with Gasteiger partial charge in [0.1, 0.15) is 11.6 Å². The molecule has 1 saturated heterocycles. The highest BCUT2D eigenvalue weighted by Crippen LogP contribution is 2.19. The minimum absolute atomic E-state index is 0.160. The largest absolute Gasteiger partial charge is 0.497 e. The van der Waals surface area contributed by atoms with E-state index in [4.69, 9.17) is 9.47 Å². The molecule has 0 spiro atoms. The summed E-state index contributed by atoms with van der Waals surface area (Å²) in [4.78, 5) is 2.25. The zero-order chi connectivity index (χ0) is 16.1. The van der Waals surface area contributed by atoms with Crippen LogP contribution in [0.15, 0.2) is 48.5 Å². The molecule has 0 unspecified atom stereocenters. The third-order valence-corrected chi connectivity index (χ3v) is 4.18. The van der Waals surface area contributed by atoms with Crippen LogP contribution in [0, 0.1) is 5.82 Å². The summed E-state index contributed by atoms with van der Waals surface area (Å²) in [5, 5.41) is 0. The zero-order valence-electron chi connectivity index (χ0n) is 13.4. The fraction of sp³-hybridized carbons (Fsp3) is 0.368. The lowest BCUT2D eigenvalue weighted by molar-refractivity contribution is -0.0307. The first-order chi connectivity index (χ1) is 11.2. The molecule has 0 radical (unpaired) electrons. The normalized spacial score (nSPS) is 18.8. The Morgan fingerprint density at radius 1 is 1.22 bits per heavy atom. The van der Waals surface area contributed by atoms with Crippen LogP contribution < -0.4 is 4.74 Å². The smallest absolute Gasteiger partial charge is 0.131 e. The van der Waals surface area contributed by atoms with Crippen LogP contribution in [0.25, 0.3) is 0 Å². The molecular formula is C19H22FNO2. The van der Waals surface area contributed by atoms with Crippen molar-refractivity contribution in [2.24, 2.45) is 0 Å². The molecule has 0 saturated carbocycles. The van der Waals surface area contributed by atoms with Crippen molar-refractivity contribution in [2.75, 3.05) is 26.8 Å². The van der Waals surface area contributed by atoms with Gasteiger partial charge in [-0.05, 0) is 18.1 Å². The van der Waals surface area contributed by atoms with Crippen molar-refractivity contribution in [1.29, 1.82) is 0 Å². The van der Waals surface area contributed by atoms with Gasteiger partial charge >= 0.3 is 0 Å².